The lowest BCUT2D eigenvalue weighted by molar-refractivity contribution is -0.139. The van der Waals surface area contributed by atoms with E-state index in [0.29, 0.717) is 17.1 Å². The molecule has 3 rings (SSSR count). The zero-order valence-electron chi connectivity index (χ0n) is 14.9. The molecule has 0 unspecified atom stereocenters. The molecule has 27 heavy (non-hydrogen) atoms. The molecule has 0 saturated carbocycles. The number of esters is 1. The van der Waals surface area contributed by atoms with Gasteiger partial charge < -0.3 is 14.2 Å². The summed E-state index contributed by atoms with van der Waals surface area (Å²) in [6.07, 6.45) is 3.13. The van der Waals surface area contributed by atoms with Crippen LogP contribution in [0.1, 0.15) is 11.3 Å². The summed E-state index contributed by atoms with van der Waals surface area (Å²) in [5.74, 6) is 0.0879. The number of aromatic nitrogens is 2. The molecule has 0 saturated heterocycles. The largest absolute Gasteiger partial charge is 0.493 e. The molecule has 0 radical (unpaired) electrons. The predicted molar refractivity (Wildman–Crippen MR) is 98.1 cm³/mol. The fraction of sp³-hybridized carbons (Fsp3) is 0.150. The molecule has 0 N–H and O–H groups in total. The first-order chi connectivity index (χ1) is 13.2. The average molecular weight is 363 g/mol. The minimum absolute atomic E-state index is 0.0802. The lowest BCUT2D eigenvalue weighted by Crippen LogP contribution is -2.07. The molecular weight excluding hydrogens is 346 g/mol. The van der Waals surface area contributed by atoms with Crippen LogP contribution in [0.2, 0.25) is 0 Å². The van der Waals surface area contributed by atoms with E-state index in [1.54, 1.807) is 22.7 Å². The zero-order chi connectivity index (χ0) is 19.2. The minimum atomic E-state index is -0.721. The summed E-state index contributed by atoms with van der Waals surface area (Å²) in [7, 11) is 3.00. The summed E-state index contributed by atoms with van der Waals surface area (Å²) in [6, 6.07) is 14.6. The molecule has 0 amide bonds. The van der Waals surface area contributed by atoms with E-state index < -0.39 is 5.97 Å². The number of hydrogen-bond acceptors (Lipinski definition) is 6. The van der Waals surface area contributed by atoms with E-state index in [9.17, 15) is 10.1 Å². The van der Waals surface area contributed by atoms with Crippen LogP contribution in [-0.4, -0.2) is 29.6 Å². The van der Waals surface area contributed by atoms with Crippen molar-refractivity contribution in [2.75, 3.05) is 14.2 Å². The van der Waals surface area contributed by atoms with E-state index in [1.165, 1.54) is 20.3 Å². The Morgan fingerprint density at radius 3 is 2.63 bits per heavy atom. The van der Waals surface area contributed by atoms with Gasteiger partial charge in [-0.2, -0.15) is 10.2 Å². The number of imidazole rings is 1. The van der Waals surface area contributed by atoms with Crippen LogP contribution < -0.4 is 9.47 Å². The average Bonchev–Trinajstić information content (AvgIpc) is 3.08. The maximum Gasteiger partial charge on any atom is 0.349 e. The van der Waals surface area contributed by atoms with Crippen LogP contribution in [0, 0.1) is 11.3 Å². The predicted octanol–water partition coefficient (Wildman–Crippen LogP) is 3.00. The standard InChI is InChI=1S/C20H17N3O4/c1-25-17-9-6-10-23-16(19(26-2)22-18(17)23)11-15(12-21)20(24)27-13-14-7-4-3-5-8-14/h3-11H,13H2,1-2H3/b15-11-. The number of carbonyl (C=O) groups excluding carboxylic acids is 1. The van der Waals surface area contributed by atoms with Crippen molar-refractivity contribution in [2.45, 2.75) is 6.61 Å². The maximum absolute atomic E-state index is 12.3. The molecule has 3 aromatic rings. The quantitative estimate of drug-likeness (QED) is 0.380. The maximum atomic E-state index is 12.3. The number of nitriles is 1. The van der Waals surface area contributed by atoms with Gasteiger partial charge in [0.1, 0.15) is 23.9 Å². The highest BCUT2D eigenvalue weighted by atomic mass is 16.5. The summed E-state index contributed by atoms with van der Waals surface area (Å²) < 4.78 is 17.5. The van der Waals surface area contributed by atoms with Gasteiger partial charge in [-0.15, -0.1) is 0 Å². The Labute approximate surface area is 156 Å². The second kappa shape index (κ2) is 8.06. The third-order valence-corrected chi connectivity index (χ3v) is 3.86. The Morgan fingerprint density at radius 1 is 1.19 bits per heavy atom. The van der Waals surface area contributed by atoms with Crippen molar-refractivity contribution in [2.24, 2.45) is 0 Å². The highest BCUT2D eigenvalue weighted by Gasteiger charge is 2.18. The number of pyridine rings is 1. The molecule has 7 heteroatoms. The van der Waals surface area contributed by atoms with E-state index in [4.69, 9.17) is 14.2 Å². The number of benzene rings is 1. The Morgan fingerprint density at radius 2 is 1.96 bits per heavy atom. The van der Waals surface area contributed by atoms with E-state index >= 15 is 0 Å². The zero-order valence-corrected chi connectivity index (χ0v) is 14.9. The van der Waals surface area contributed by atoms with Crippen LogP contribution in [0.5, 0.6) is 11.6 Å². The van der Waals surface area contributed by atoms with Gasteiger partial charge in [-0.25, -0.2) is 4.79 Å². The van der Waals surface area contributed by atoms with E-state index in [0.717, 1.165) is 5.56 Å². The van der Waals surface area contributed by atoms with Crippen molar-refractivity contribution < 1.29 is 19.0 Å². The number of nitrogens with zero attached hydrogens (tertiary/aromatic N) is 3. The Balaban J connectivity index is 1.93. The van der Waals surface area contributed by atoms with Gasteiger partial charge in [0.15, 0.2) is 11.4 Å². The van der Waals surface area contributed by atoms with Crippen LogP contribution in [0.4, 0.5) is 0 Å². The molecular formula is C20H17N3O4. The summed E-state index contributed by atoms with van der Waals surface area (Å²) in [6.45, 7) is 0.0802. The van der Waals surface area contributed by atoms with Gasteiger partial charge in [0.2, 0.25) is 5.88 Å². The number of fused-ring (bicyclic) bond motifs is 1. The van der Waals surface area contributed by atoms with Crippen LogP contribution in [0.15, 0.2) is 54.2 Å². The summed E-state index contributed by atoms with van der Waals surface area (Å²) in [5, 5.41) is 9.41. The van der Waals surface area contributed by atoms with Crippen molar-refractivity contribution in [1.29, 1.82) is 5.26 Å². The Kier molecular flexibility index (Phi) is 5.38. The topological polar surface area (TPSA) is 85.9 Å². The second-order valence-electron chi connectivity index (χ2n) is 5.51. The van der Waals surface area contributed by atoms with Crippen molar-refractivity contribution in [3.8, 4) is 17.7 Å². The first kappa shape index (κ1) is 18.0. The van der Waals surface area contributed by atoms with Crippen LogP contribution in [0.3, 0.4) is 0 Å². The fourth-order valence-corrected chi connectivity index (χ4v) is 2.56. The summed E-state index contributed by atoms with van der Waals surface area (Å²) in [4.78, 5) is 16.7. The number of rotatable bonds is 6. The van der Waals surface area contributed by atoms with Crippen molar-refractivity contribution in [3.63, 3.8) is 0 Å². The monoisotopic (exact) mass is 363 g/mol. The van der Waals surface area contributed by atoms with Gasteiger partial charge in [0.05, 0.1) is 14.2 Å². The van der Waals surface area contributed by atoms with Gasteiger partial charge in [0.25, 0.3) is 0 Å². The Hall–Kier alpha value is -3.79. The van der Waals surface area contributed by atoms with E-state index in [2.05, 4.69) is 4.98 Å². The van der Waals surface area contributed by atoms with Crippen LogP contribution in [-0.2, 0) is 16.1 Å². The molecule has 2 heterocycles. The summed E-state index contributed by atoms with van der Waals surface area (Å²) >= 11 is 0. The van der Waals surface area contributed by atoms with Gasteiger partial charge >= 0.3 is 5.97 Å². The number of hydrogen-bond donors (Lipinski definition) is 0. The third-order valence-electron chi connectivity index (χ3n) is 3.86. The van der Waals surface area contributed by atoms with Gasteiger partial charge in [0, 0.05) is 6.20 Å². The smallest absolute Gasteiger partial charge is 0.349 e. The molecule has 0 aliphatic carbocycles. The molecule has 7 nitrogen and oxygen atoms in total. The highest BCUT2D eigenvalue weighted by Crippen LogP contribution is 2.27. The van der Waals surface area contributed by atoms with Gasteiger partial charge in [-0.3, -0.25) is 4.40 Å². The number of methoxy groups -OCH3 is 2. The van der Waals surface area contributed by atoms with Gasteiger partial charge in [-0.1, -0.05) is 30.3 Å². The molecule has 2 aromatic heterocycles. The SMILES string of the molecule is COc1nc2c(OC)cccn2c1/C=C(/C#N)C(=O)OCc1ccccc1. The summed E-state index contributed by atoms with van der Waals surface area (Å²) in [5.41, 5.74) is 1.63. The molecule has 0 aliphatic heterocycles. The normalized spacial score (nSPS) is 11.1. The first-order valence-corrected chi connectivity index (χ1v) is 8.09. The first-order valence-electron chi connectivity index (χ1n) is 8.09. The number of ether oxygens (including phenoxy) is 3. The molecule has 0 atom stereocenters. The van der Waals surface area contributed by atoms with Crippen LogP contribution >= 0.6 is 0 Å². The third kappa shape index (κ3) is 3.75. The van der Waals surface area contributed by atoms with Crippen molar-refractivity contribution in [1.82, 2.24) is 9.38 Å². The number of carbonyl (C=O) groups is 1. The lowest BCUT2D eigenvalue weighted by atomic mass is 10.2. The lowest BCUT2D eigenvalue weighted by Gasteiger charge is -2.05. The van der Waals surface area contributed by atoms with E-state index in [-0.39, 0.29) is 18.1 Å². The molecule has 0 bridgehead atoms. The van der Waals surface area contributed by atoms with E-state index in [1.807, 2.05) is 36.4 Å². The molecule has 0 aliphatic rings. The van der Waals surface area contributed by atoms with Crippen molar-refractivity contribution >= 4 is 17.7 Å². The molecule has 1 aromatic carbocycles. The highest BCUT2D eigenvalue weighted by molar-refractivity contribution is 5.98. The van der Waals surface area contributed by atoms with Gasteiger partial charge in [-0.05, 0) is 23.8 Å². The molecule has 0 fully saturated rings. The van der Waals surface area contributed by atoms with Crippen molar-refractivity contribution in [3.05, 3.63) is 65.5 Å². The molecule has 0 spiro atoms. The second-order valence-corrected chi connectivity index (χ2v) is 5.51. The Bertz CT molecular complexity index is 1030. The minimum Gasteiger partial charge on any atom is -0.493 e. The fourth-order valence-electron chi connectivity index (χ4n) is 2.56. The molecule has 136 valence electrons. The van der Waals surface area contributed by atoms with Crippen LogP contribution in [0.25, 0.3) is 11.7 Å².